The Hall–Kier alpha value is -2.36. The lowest BCUT2D eigenvalue weighted by atomic mass is 9.89. The van der Waals surface area contributed by atoms with E-state index < -0.39 is 5.97 Å². The maximum absolute atomic E-state index is 11.1. The molecule has 1 aromatic heterocycles. The summed E-state index contributed by atoms with van der Waals surface area (Å²) < 4.78 is 5.98. The standard InChI is InChI=1S/C17H17NO3/c1-11-9-13(17(19)20)10-16(18-11)21-15-8-4-6-12-5-2-3-7-14(12)15/h2-3,5,7,9-10,15H,4,6,8H2,1H3,(H,19,20). The van der Waals surface area contributed by atoms with Crippen LogP contribution in [0.3, 0.4) is 0 Å². The van der Waals surface area contributed by atoms with Gasteiger partial charge in [0.1, 0.15) is 6.10 Å². The second-order valence-corrected chi connectivity index (χ2v) is 5.34. The fourth-order valence-corrected chi connectivity index (χ4v) is 2.80. The van der Waals surface area contributed by atoms with Gasteiger partial charge < -0.3 is 9.84 Å². The molecule has 4 heteroatoms. The highest BCUT2D eigenvalue weighted by molar-refractivity contribution is 5.88. The Balaban J connectivity index is 1.90. The summed E-state index contributed by atoms with van der Waals surface area (Å²) in [5.41, 5.74) is 3.35. The number of ether oxygens (including phenoxy) is 1. The van der Waals surface area contributed by atoms with E-state index in [1.807, 2.05) is 12.1 Å². The molecule has 0 saturated heterocycles. The Labute approximate surface area is 123 Å². The molecule has 3 rings (SSSR count). The van der Waals surface area contributed by atoms with Crippen molar-refractivity contribution >= 4 is 5.97 Å². The van der Waals surface area contributed by atoms with Crippen LogP contribution in [0.2, 0.25) is 0 Å². The molecule has 0 spiro atoms. The Morgan fingerprint density at radius 3 is 2.95 bits per heavy atom. The molecule has 1 unspecified atom stereocenters. The largest absolute Gasteiger partial charge is 0.478 e. The summed E-state index contributed by atoms with van der Waals surface area (Å²) in [6, 6.07) is 11.3. The predicted molar refractivity (Wildman–Crippen MR) is 78.7 cm³/mol. The molecule has 0 saturated carbocycles. The van der Waals surface area contributed by atoms with Crippen LogP contribution >= 0.6 is 0 Å². The lowest BCUT2D eigenvalue weighted by Crippen LogP contribution is -2.16. The zero-order chi connectivity index (χ0) is 14.8. The number of rotatable bonds is 3. The fourth-order valence-electron chi connectivity index (χ4n) is 2.80. The smallest absolute Gasteiger partial charge is 0.335 e. The number of fused-ring (bicyclic) bond motifs is 1. The molecular formula is C17H17NO3. The summed E-state index contributed by atoms with van der Waals surface area (Å²) in [5.74, 6) is -0.580. The summed E-state index contributed by atoms with van der Waals surface area (Å²) in [6.45, 7) is 1.77. The minimum Gasteiger partial charge on any atom is -0.478 e. The maximum atomic E-state index is 11.1. The highest BCUT2D eigenvalue weighted by Crippen LogP contribution is 2.33. The third-order valence-corrected chi connectivity index (χ3v) is 3.75. The van der Waals surface area contributed by atoms with Crippen molar-refractivity contribution < 1.29 is 14.6 Å². The molecule has 0 aliphatic heterocycles. The molecule has 1 aliphatic carbocycles. The second-order valence-electron chi connectivity index (χ2n) is 5.34. The number of carboxylic acids is 1. The molecule has 1 aliphatic rings. The van der Waals surface area contributed by atoms with Crippen LogP contribution in [-0.4, -0.2) is 16.1 Å². The summed E-state index contributed by atoms with van der Waals surface area (Å²) in [6.07, 6.45) is 3.01. The van der Waals surface area contributed by atoms with Crippen LogP contribution in [0.25, 0.3) is 0 Å². The molecule has 0 bridgehead atoms. The number of nitrogens with zero attached hydrogens (tertiary/aromatic N) is 1. The molecule has 4 nitrogen and oxygen atoms in total. The third kappa shape index (κ3) is 2.89. The van der Waals surface area contributed by atoms with E-state index in [-0.39, 0.29) is 11.7 Å². The van der Waals surface area contributed by atoms with E-state index in [0.29, 0.717) is 11.6 Å². The van der Waals surface area contributed by atoms with Crippen molar-refractivity contribution in [3.05, 3.63) is 58.8 Å². The van der Waals surface area contributed by atoms with E-state index >= 15 is 0 Å². The van der Waals surface area contributed by atoms with Gasteiger partial charge in [0.05, 0.1) is 5.56 Å². The lowest BCUT2D eigenvalue weighted by molar-refractivity contribution is 0.0695. The molecule has 0 amide bonds. The molecule has 0 radical (unpaired) electrons. The highest BCUT2D eigenvalue weighted by Gasteiger charge is 2.22. The van der Waals surface area contributed by atoms with Crippen LogP contribution < -0.4 is 4.74 Å². The summed E-state index contributed by atoms with van der Waals surface area (Å²) in [4.78, 5) is 15.4. The summed E-state index contributed by atoms with van der Waals surface area (Å²) >= 11 is 0. The van der Waals surface area contributed by atoms with Gasteiger partial charge in [-0.25, -0.2) is 9.78 Å². The summed E-state index contributed by atoms with van der Waals surface area (Å²) in [7, 11) is 0. The van der Waals surface area contributed by atoms with Gasteiger partial charge in [-0.2, -0.15) is 0 Å². The number of benzene rings is 1. The van der Waals surface area contributed by atoms with Gasteiger partial charge in [-0.15, -0.1) is 0 Å². The molecule has 21 heavy (non-hydrogen) atoms. The van der Waals surface area contributed by atoms with Crippen molar-refractivity contribution in [2.75, 3.05) is 0 Å². The van der Waals surface area contributed by atoms with Gasteiger partial charge in [-0.1, -0.05) is 24.3 Å². The fraction of sp³-hybridized carbons (Fsp3) is 0.294. The van der Waals surface area contributed by atoms with Gasteiger partial charge in [0.15, 0.2) is 0 Å². The first-order chi connectivity index (χ1) is 10.1. The SMILES string of the molecule is Cc1cc(C(=O)O)cc(OC2CCCc3ccccc32)n1. The molecule has 1 atom stereocenters. The second kappa shape index (κ2) is 5.56. The first kappa shape index (κ1) is 13.6. The van der Waals surface area contributed by atoms with E-state index in [1.165, 1.54) is 17.2 Å². The van der Waals surface area contributed by atoms with Crippen molar-refractivity contribution in [3.8, 4) is 5.88 Å². The molecule has 108 valence electrons. The van der Waals surface area contributed by atoms with Crippen molar-refractivity contribution in [1.82, 2.24) is 4.98 Å². The molecular weight excluding hydrogens is 266 g/mol. The lowest BCUT2D eigenvalue weighted by Gasteiger charge is -2.26. The number of hydrogen-bond acceptors (Lipinski definition) is 3. The predicted octanol–water partition coefficient (Wildman–Crippen LogP) is 3.54. The van der Waals surface area contributed by atoms with E-state index in [1.54, 1.807) is 13.0 Å². The molecule has 0 fully saturated rings. The number of carbonyl (C=O) groups is 1. The molecule has 2 aromatic rings. The average Bonchev–Trinajstić information content (AvgIpc) is 2.47. The van der Waals surface area contributed by atoms with Crippen LogP contribution in [0.1, 0.15) is 46.1 Å². The van der Waals surface area contributed by atoms with Crippen molar-refractivity contribution in [2.24, 2.45) is 0 Å². The van der Waals surface area contributed by atoms with E-state index in [2.05, 4.69) is 17.1 Å². The van der Waals surface area contributed by atoms with Crippen LogP contribution in [0.15, 0.2) is 36.4 Å². The Bertz CT molecular complexity index is 681. The van der Waals surface area contributed by atoms with Crippen LogP contribution in [0.5, 0.6) is 5.88 Å². The van der Waals surface area contributed by atoms with Gasteiger partial charge in [-0.3, -0.25) is 0 Å². The molecule has 1 heterocycles. The molecule has 1 aromatic carbocycles. The Morgan fingerprint density at radius 2 is 2.14 bits per heavy atom. The highest BCUT2D eigenvalue weighted by atomic mass is 16.5. The van der Waals surface area contributed by atoms with Gasteiger partial charge in [0.25, 0.3) is 0 Å². The van der Waals surface area contributed by atoms with Crippen LogP contribution in [-0.2, 0) is 6.42 Å². The first-order valence-electron chi connectivity index (χ1n) is 7.10. The van der Waals surface area contributed by atoms with E-state index in [0.717, 1.165) is 19.3 Å². The van der Waals surface area contributed by atoms with Gasteiger partial charge in [0, 0.05) is 11.8 Å². The maximum Gasteiger partial charge on any atom is 0.335 e. The molecule has 1 N–H and O–H groups in total. The third-order valence-electron chi connectivity index (χ3n) is 3.75. The van der Waals surface area contributed by atoms with Crippen LogP contribution in [0.4, 0.5) is 0 Å². The monoisotopic (exact) mass is 283 g/mol. The number of pyridine rings is 1. The number of hydrogen-bond donors (Lipinski definition) is 1. The van der Waals surface area contributed by atoms with Crippen LogP contribution in [0, 0.1) is 6.92 Å². The Kier molecular flexibility index (Phi) is 3.60. The van der Waals surface area contributed by atoms with Gasteiger partial charge >= 0.3 is 5.97 Å². The number of aromatic carboxylic acids is 1. The van der Waals surface area contributed by atoms with Crippen molar-refractivity contribution in [2.45, 2.75) is 32.3 Å². The zero-order valence-electron chi connectivity index (χ0n) is 11.9. The van der Waals surface area contributed by atoms with E-state index in [4.69, 9.17) is 9.84 Å². The van der Waals surface area contributed by atoms with E-state index in [9.17, 15) is 4.79 Å². The summed E-state index contributed by atoms with van der Waals surface area (Å²) in [5, 5.41) is 9.11. The van der Waals surface area contributed by atoms with Crippen molar-refractivity contribution in [3.63, 3.8) is 0 Å². The Morgan fingerprint density at radius 1 is 1.33 bits per heavy atom. The topological polar surface area (TPSA) is 59.4 Å². The zero-order valence-corrected chi connectivity index (χ0v) is 11.9. The number of aromatic nitrogens is 1. The van der Waals surface area contributed by atoms with Gasteiger partial charge in [0.2, 0.25) is 5.88 Å². The van der Waals surface area contributed by atoms with Crippen molar-refractivity contribution in [1.29, 1.82) is 0 Å². The first-order valence-corrected chi connectivity index (χ1v) is 7.10. The minimum absolute atomic E-state index is 0.0501. The number of aryl methyl sites for hydroxylation is 2. The van der Waals surface area contributed by atoms with Gasteiger partial charge in [-0.05, 0) is 43.4 Å². The minimum atomic E-state index is -0.964. The normalized spacial score (nSPS) is 17.1. The quantitative estimate of drug-likeness (QED) is 0.936. The average molecular weight is 283 g/mol. The number of carboxylic acid groups (broad SMARTS) is 1.